The van der Waals surface area contributed by atoms with E-state index in [-0.39, 0.29) is 19.0 Å². The van der Waals surface area contributed by atoms with Crippen LogP contribution in [0.4, 0.5) is 0 Å². The van der Waals surface area contributed by atoms with E-state index in [0.29, 0.717) is 13.2 Å². The topological polar surface area (TPSA) is 66.2 Å². The van der Waals surface area contributed by atoms with Crippen LogP contribution in [0.3, 0.4) is 0 Å². The molecule has 0 radical (unpaired) electrons. The summed E-state index contributed by atoms with van der Waals surface area (Å²) in [5.41, 5.74) is 6.23. The van der Waals surface area contributed by atoms with Gasteiger partial charge >= 0.3 is 5.97 Å². The predicted octanol–water partition coefficient (Wildman–Crippen LogP) is 4.85. The molecule has 32 heavy (non-hydrogen) atoms. The van der Waals surface area contributed by atoms with Crippen LogP contribution in [0, 0.1) is 6.92 Å². The highest BCUT2D eigenvalue weighted by molar-refractivity contribution is 7.15. The lowest BCUT2D eigenvalue weighted by atomic mass is 10.1. The van der Waals surface area contributed by atoms with Crippen molar-refractivity contribution in [3.05, 3.63) is 70.0 Å². The van der Waals surface area contributed by atoms with Crippen molar-refractivity contribution >= 4 is 28.3 Å². The summed E-state index contributed by atoms with van der Waals surface area (Å²) in [6.07, 6.45) is 1.18. The number of aromatic nitrogens is 3. The first-order chi connectivity index (χ1) is 15.6. The quantitative estimate of drug-likeness (QED) is 0.396. The first-order valence-corrected chi connectivity index (χ1v) is 11.7. The second kappa shape index (κ2) is 8.84. The van der Waals surface area contributed by atoms with Crippen molar-refractivity contribution in [3.8, 4) is 10.6 Å². The third kappa shape index (κ3) is 4.06. The van der Waals surface area contributed by atoms with E-state index < -0.39 is 0 Å². The monoisotopic (exact) mass is 447 g/mol. The van der Waals surface area contributed by atoms with Gasteiger partial charge in [0.1, 0.15) is 24.0 Å². The molecule has 0 saturated carbocycles. The molecule has 5 rings (SSSR count). The average Bonchev–Trinajstić information content (AvgIpc) is 3.37. The maximum Gasteiger partial charge on any atom is 0.311 e. The highest BCUT2D eigenvalue weighted by atomic mass is 32.1. The van der Waals surface area contributed by atoms with Gasteiger partial charge < -0.3 is 14.0 Å². The molecule has 2 aromatic carbocycles. The van der Waals surface area contributed by atoms with Crippen LogP contribution in [0.2, 0.25) is 0 Å². The molecule has 0 amide bonds. The Morgan fingerprint density at radius 3 is 2.97 bits per heavy atom. The standard InChI is InChI=1S/C25H25N3O3S/c1-3-18-6-4-5-7-19(18)25-26-16(2)22(32-25)13-24(29)31-14-17-8-9-21-20(12-17)27-23-15-30-11-10-28(21)23/h4-9,12H,3,10-11,13-15H2,1-2H3. The molecule has 0 aliphatic carbocycles. The van der Waals surface area contributed by atoms with E-state index in [1.54, 1.807) is 11.3 Å². The Balaban J connectivity index is 1.26. The third-order valence-corrected chi connectivity index (χ3v) is 7.00. The minimum absolute atomic E-state index is 0.232. The Morgan fingerprint density at radius 1 is 1.22 bits per heavy atom. The fraction of sp³-hybridized carbons (Fsp3) is 0.320. The second-order valence-electron chi connectivity index (χ2n) is 7.93. The Bertz CT molecular complexity index is 1290. The Kier molecular flexibility index (Phi) is 5.76. The van der Waals surface area contributed by atoms with Crippen molar-refractivity contribution in [3.63, 3.8) is 0 Å². The fourth-order valence-electron chi connectivity index (χ4n) is 4.08. The molecule has 0 N–H and O–H groups in total. The number of hydrogen-bond acceptors (Lipinski definition) is 6. The summed E-state index contributed by atoms with van der Waals surface area (Å²) >= 11 is 1.57. The summed E-state index contributed by atoms with van der Waals surface area (Å²) in [5.74, 6) is 0.700. The van der Waals surface area contributed by atoms with E-state index in [1.807, 2.05) is 37.3 Å². The molecule has 0 fully saturated rings. The van der Waals surface area contributed by atoms with E-state index >= 15 is 0 Å². The van der Waals surface area contributed by atoms with Crippen molar-refractivity contribution in [1.82, 2.24) is 14.5 Å². The maximum atomic E-state index is 12.6. The van der Waals surface area contributed by atoms with Gasteiger partial charge in [-0.15, -0.1) is 11.3 Å². The number of ether oxygens (including phenoxy) is 2. The van der Waals surface area contributed by atoms with Crippen molar-refractivity contribution in [2.24, 2.45) is 0 Å². The molecule has 3 heterocycles. The summed E-state index contributed by atoms with van der Waals surface area (Å²) in [6, 6.07) is 14.3. The number of nitrogens with zero attached hydrogens (tertiary/aromatic N) is 3. The van der Waals surface area contributed by atoms with Crippen LogP contribution in [0.15, 0.2) is 42.5 Å². The number of esters is 1. The molecule has 0 bridgehead atoms. The largest absolute Gasteiger partial charge is 0.461 e. The van der Waals surface area contributed by atoms with Gasteiger partial charge in [-0.1, -0.05) is 37.3 Å². The van der Waals surface area contributed by atoms with Gasteiger partial charge in [-0.3, -0.25) is 4.79 Å². The number of rotatable bonds is 6. The van der Waals surface area contributed by atoms with Crippen LogP contribution in [0.1, 0.15) is 34.4 Å². The SMILES string of the molecule is CCc1ccccc1-c1nc(C)c(CC(=O)OCc2ccc3c(c2)nc2n3CCOC2)s1. The van der Waals surface area contributed by atoms with Gasteiger partial charge in [0.25, 0.3) is 0 Å². The van der Waals surface area contributed by atoms with Gasteiger partial charge in [-0.2, -0.15) is 0 Å². The molecular formula is C25H25N3O3S. The van der Waals surface area contributed by atoms with Crippen molar-refractivity contribution < 1.29 is 14.3 Å². The van der Waals surface area contributed by atoms with Crippen LogP contribution in [0.25, 0.3) is 21.6 Å². The summed E-state index contributed by atoms with van der Waals surface area (Å²) in [5, 5.41) is 0.959. The molecule has 7 heteroatoms. The van der Waals surface area contributed by atoms with Crippen LogP contribution in [0.5, 0.6) is 0 Å². The maximum absolute atomic E-state index is 12.6. The van der Waals surface area contributed by atoms with Gasteiger partial charge in [0, 0.05) is 17.0 Å². The Labute approximate surface area is 190 Å². The van der Waals surface area contributed by atoms with Crippen molar-refractivity contribution in [1.29, 1.82) is 0 Å². The first kappa shape index (κ1) is 20.8. The molecule has 2 aromatic heterocycles. The fourth-order valence-corrected chi connectivity index (χ4v) is 5.19. The minimum atomic E-state index is -0.246. The Hall–Kier alpha value is -3.03. The first-order valence-electron chi connectivity index (χ1n) is 10.9. The summed E-state index contributed by atoms with van der Waals surface area (Å²) in [4.78, 5) is 22.9. The summed E-state index contributed by atoms with van der Waals surface area (Å²) in [7, 11) is 0. The van der Waals surface area contributed by atoms with Crippen molar-refractivity contribution in [2.75, 3.05) is 6.61 Å². The summed E-state index contributed by atoms with van der Waals surface area (Å²) in [6.45, 7) is 6.39. The van der Waals surface area contributed by atoms with Crippen LogP contribution < -0.4 is 0 Å². The zero-order chi connectivity index (χ0) is 22.1. The van der Waals surface area contributed by atoms with E-state index in [2.05, 4.69) is 28.6 Å². The van der Waals surface area contributed by atoms with E-state index in [0.717, 1.165) is 56.5 Å². The normalized spacial score (nSPS) is 13.3. The van der Waals surface area contributed by atoms with Gasteiger partial charge in [-0.25, -0.2) is 9.97 Å². The average molecular weight is 448 g/mol. The molecule has 0 atom stereocenters. The Morgan fingerprint density at radius 2 is 2.09 bits per heavy atom. The molecule has 4 aromatic rings. The van der Waals surface area contributed by atoms with E-state index in [9.17, 15) is 4.79 Å². The number of carbonyl (C=O) groups excluding carboxylic acids is 1. The number of carbonyl (C=O) groups is 1. The van der Waals surface area contributed by atoms with Crippen LogP contribution >= 0.6 is 11.3 Å². The predicted molar refractivity (Wildman–Crippen MR) is 125 cm³/mol. The van der Waals surface area contributed by atoms with Gasteiger partial charge in [-0.05, 0) is 36.6 Å². The number of fused-ring (bicyclic) bond motifs is 3. The van der Waals surface area contributed by atoms with Gasteiger partial charge in [0.2, 0.25) is 0 Å². The number of aryl methyl sites for hydroxylation is 2. The molecular weight excluding hydrogens is 422 g/mol. The second-order valence-corrected chi connectivity index (χ2v) is 9.01. The zero-order valence-corrected chi connectivity index (χ0v) is 19.1. The zero-order valence-electron chi connectivity index (χ0n) is 18.3. The number of thiazole rings is 1. The third-order valence-electron chi connectivity index (χ3n) is 5.81. The molecule has 6 nitrogen and oxygen atoms in total. The number of benzene rings is 2. The highest BCUT2D eigenvalue weighted by Gasteiger charge is 2.17. The molecule has 164 valence electrons. The molecule has 0 saturated heterocycles. The summed E-state index contributed by atoms with van der Waals surface area (Å²) < 4.78 is 13.3. The minimum Gasteiger partial charge on any atom is -0.461 e. The number of imidazole rings is 1. The lowest BCUT2D eigenvalue weighted by Gasteiger charge is -2.14. The lowest BCUT2D eigenvalue weighted by Crippen LogP contribution is -2.16. The lowest BCUT2D eigenvalue weighted by molar-refractivity contribution is -0.144. The van der Waals surface area contributed by atoms with Crippen LogP contribution in [-0.4, -0.2) is 27.1 Å². The van der Waals surface area contributed by atoms with Gasteiger partial charge in [0.15, 0.2) is 0 Å². The van der Waals surface area contributed by atoms with E-state index in [4.69, 9.17) is 14.5 Å². The molecule has 1 aliphatic heterocycles. The smallest absolute Gasteiger partial charge is 0.311 e. The van der Waals surface area contributed by atoms with Crippen LogP contribution in [-0.2, 0) is 46.9 Å². The molecule has 0 unspecified atom stereocenters. The highest BCUT2D eigenvalue weighted by Crippen LogP contribution is 2.31. The molecule has 0 spiro atoms. The van der Waals surface area contributed by atoms with Gasteiger partial charge in [0.05, 0.1) is 29.8 Å². The molecule has 1 aliphatic rings. The number of hydrogen-bond donors (Lipinski definition) is 0. The van der Waals surface area contributed by atoms with Crippen molar-refractivity contribution in [2.45, 2.75) is 46.4 Å². The van der Waals surface area contributed by atoms with E-state index in [1.165, 1.54) is 5.56 Å².